The van der Waals surface area contributed by atoms with Crippen LogP contribution in [0.1, 0.15) is 88.2 Å². The van der Waals surface area contributed by atoms with Gasteiger partial charge in [0.1, 0.15) is 0 Å². The van der Waals surface area contributed by atoms with Crippen LogP contribution in [0.2, 0.25) is 0 Å². The molecule has 2 nitrogen and oxygen atoms in total. The molecule has 2 heterocycles. The van der Waals surface area contributed by atoms with Crippen LogP contribution in [0.4, 0.5) is 0 Å². The quantitative estimate of drug-likeness (QED) is 0.0626. The number of pyridine rings is 2. The minimum Gasteiger partial charge on any atom is -0.247 e. The Morgan fingerprint density at radius 3 is 1.04 bits per heavy atom. The fourth-order valence-electron chi connectivity index (χ4n) is 8.33. The van der Waals surface area contributed by atoms with Crippen LogP contribution in [-0.2, 0) is 12.8 Å². The molecule has 0 aliphatic heterocycles. The van der Waals surface area contributed by atoms with Gasteiger partial charge >= 0.3 is 0 Å². The van der Waals surface area contributed by atoms with Crippen molar-refractivity contribution in [2.45, 2.75) is 89.9 Å². The average Bonchev–Trinajstić information content (AvgIpc) is 3.17. The van der Waals surface area contributed by atoms with Gasteiger partial charge in [-0.05, 0) is 59.7 Å². The zero-order valence-corrected chi connectivity index (χ0v) is 29.3. The van der Waals surface area contributed by atoms with E-state index in [1.165, 1.54) is 131 Å². The minimum atomic E-state index is 1.12. The van der Waals surface area contributed by atoms with Crippen molar-refractivity contribution in [3.63, 3.8) is 0 Å². The Kier molecular flexibility index (Phi) is 9.96. The first-order chi connectivity index (χ1) is 24.8. The fourth-order valence-corrected chi connectivity index (χ4v) is 8.33. The maximum Gasteiger partial charge on any atom is 0.0790 e. The highest BCUT2D eigenvalue weighted by atomic mass is 14.7. The maximum absolute atomic E-state index is 5.12. The van der Waals surface area contributed by atoms with Gasteiger partial charge < -0.3 is 0 Å². The van der Waals surface area contributed by atoms with Crippen molar-refractivity contribution in [1.82, 2.24) is 9.97 Å². The highest BCUT2D eigenvalue weighted by Gasteiger charge is 2.13. The molecule has 8 aromatic rings. The molecular weight excluding hydrogens is 605 g/mol. The van der Waals surface area contributed by atoms with Gasteiger partial charge in [-0.15, -0.1) is 0 Å². The third-order valence-corrected chi connectivity index (χ3v) is 11.0. The second-order valence-electron chi connectivity index (χ2n) is 14.3. The van der Waals surface area contributed by atoms with Gasteiger partial charge in [0, 0.05) is 32.3 Å². The van der Waals surface area contributed by atoms with Crippen LogP contribution in [0.15, 0.2) is 121 Å². The molecule has 8 rings (SSSR count). The number of aromatic nitrogens is 2. The van der Waals surface area contributed by atoms with Crippen LogP contribution >= 0.6 is 0 Å². The molecule has 0 unspecified atom stereocenters. The van der Waals surface area contributed by atoms with E-state index < -0.39 is 0 Å². The summed E-state index contributed by atoms with van der Waals surface area (Å²) in [5, 5.41) is 10.4. The van der Waals surface area contributed by atoms with E-state index in [9.17, 15) is 0 Å². The molecule has 0 saturated heterocycles. The summed E-state index contributed by atoms with van der Waals surface area (Å²) in [6.45, 7) is 0. The molecule has 0 radical (unpaired) electrons. The van der Waals surface area contributed by atoms with E-state index in [0.29, 0.717) is 0 Å². The summed E-state index contributed by atoms with van der Waals surface area (Å²) in [7, 11) is 0. The van der Waals surface area contributed by atoms with Gasteiger partial charge in [0.25, 0.3) is 0 Å². The molecule has 2 aromatic heterocycles. The summed E-state index contributed by atoms with van der Waals surface area (Å²) in [6, 6.07) is 43.9. The Labute approximate surface area is 296 Å². The van der Waals surface area contributed by atoms with Crippen LogP contribution in [-0.4, -0.2) is 9.97 Å². The van der Waals surface area contributed by atoms with Crippen LogP contribution in [0, 0.1) is 0 Å². The van der Waals surface area contributed by atoms with Gasteiger partial charge in [-0.2, -0.15) is 0 Å². The predicted octanol–water partition coefficient (Wildman–Crippen LogP) is 13.9. The molecule has 0 N–H and O–H groups in total. The number of fused-ring (bicyclic) bond motifs is 8. The van der Waals surface area contributed by atoms with E-state index in [0.717, 1.165) is 34.9 Å². The lowest BCUT2D eigenvalue weighted by Crippen LogP contribution is -1.95. The second kappa shape index (κ2) is 15.4. The molecule has 0 bridgehead atoms. The number of rotatable bonds is 15. The number of benzene rings is 6. The van der Waals surface area contributed by atoms with Crippen molar-refractivity contribution >= 4 is 65.2 Å². The van der Waals surface area contributed by atoms with E-state index in [1.54, 1.807) is 0 Å². The van der Waals surface area contributed by atoms with Crippen molar-refractivity contribution in [2.24, 2.45) is 0 Å². The Bertz CT molecular complexity index is 2230. The van der Waals surface area contributed by atoms with Crippen molar-refractivity contribution < 1.29 is 0 Å². The van der Waals surface area contributed by atoms with Gasteiger partial charge in [0.15, 0.2) is 0 Å². The van der Waals surface area contributed by atoms with Crippen LogP contribution in [0.3, 0.4) is 0 Å². The number of nitrogens with zero attached hydrogens (tertiary/aromatic N) is 2. The Hall–Kier alpha value is -4.82. The predicted molar refractivity (Wildman–Crippen MR) is 216 cm³/mol. The highest BCUT2D eigenvalue weighted by Crippen LogP contribution is 2.34. The first kappa shape index (κ1) is 32.4. The van der Waals surface area contributed by atoms with Gasteiger partial charge in [-0.25, -0.2) is 9.97 Å². The molecule has 250 valence electrons. The van der Waals surface area contributed by atoms with Crippen molar-refractivity contribution in [3.8, 4) is 0 Å². The molecule has 0 fully saturated rings. The zero-order chi connectivity index (χ0) is 33.5. The molecule has 0 spiro atoms. The molecule has 2 heteroatoms. The molecule has 0 aliphatic rings. The largest absolute Gasteiger partial charge is 0.247 e. The topological polar surface area (TPSA) is 25.8 Å². The monoisotopic (exact) mass is 652 g/mol. The minimum absolute atomic E-state index is 1.12. The van der Waals surface area contributed by atoms with E-state index in [2.05, 4.69) is 121 Å². The van der Waals surface area contributed by atoms with Crippen LogP contribution in [0.5, 0.6) is 0 Å². The van der Waals surface area contributed by atoms with E-state index in [-0.39, 0.29) is 0 Å². The number of aryl methyl sites for hydroxylation is 2. The Balaban J connectivity index is 0.756. The van der Waals surface area contributed by atoms with E-state index >= 15 is 0 Å². The summed E-state index contributed by atoms with van der Waals surface area (Å²) in [6.07, 6.45) is 18.3. The summed E-state index contributed by atoms with van der Waals surface area (Å²) >= 11 is 0. The number of para-hydroxylation sites is 2. The number of hydrogen-bond donors (Lipinski definition) is 0. The average molecular weight is 653 g/mol. The standard InChI is InChI=1S/C48H48N2/c1(3-5-7-9-11-25-39-41-27-17-19-29-45(41)49-47-37-23-15-13-21-35(37)31-33-43(39)47)2-4-6-8-10-12-26-40-42-28-18-20-30-46(42)50-48-38-24-16-14-22-36(38)32-34-44(40)48/h13-24,27-34H,1-12,25-26H2. The Morgan fingerprint density at radius 2 is 0.620 bits per heavy atom. The van der Waals surface area contributed by atoms with Gasteiger partial charge in [0.05, 0.1) is 22.1 Å². The molecule has 0 saturated carbocycles. The molecule has 50 heavy (non-hydrogen) atoms. The fraction of sp³-hybridized carbons (Fsp3) is 0.292. The van der Waals surface area contributed by atoms with Crippen LogP contribution < -0.4 is 0 Å². The SMILES string of the molecule is c1ccc2c(c1)ccc1c(CCCCCCCCCCCCCCc3c4ccccc4nc4c3ccc3ccccc34)c3ccccc3nc12. The lowest BCUT2D eigenvalue weighted by atomic mass is 9.95. The smallest absolute Gasteiger partial charge is 0.0790 e. The summed E-state index contributed by atoms with van der Waals surface area (Å²) in [5.41, 5.74) is 7.51. The molecule has 0 amide bonds. The maximum atomic E-state index is 5.12. The van der Waals surface area contributed by atoms with Crippen molar-refractivity contribution in [1.29, 1.82) is 0 Å². The molecule has 6 aromatic carbocycles. The van der Waals surface area contributed by atoms with E-state index in [1.807, 2.05) is 0 Å². The summed E-state index contributed by atoms with van der Waals surface area (Å²) in [5.74, 6) is 0. The first-order valence-electron chi connectivity index (χ1n) is 19.2. The van der Waals surface area contributed by atoms with Crippen molar-refractivity contribution in [2.75, 3.05) is 0 Å². The third-order valence-electron chi connectivity index (χ3n) is 11.0. The van der Waals surface area contributed by atoms with Crippen LogP contribution in [0.25, 0.3) is 65.2 Å². The number of unbranched alkanes of at least 4 members (excludes halogenated alkanes) is 11. The lowest BCUT2D eigenvalue weighted by molar-refractivity contribution is 0.541. The molecular formula is C48H48N2. The van der Waals surface area contributed by atoms with E-state index in [4.69, 9.17) is 9.97 Å². The van der Waals surface area contributed by atoms with Gasteiger partial charge in [-0.3, -0.25) is 0 Å². The lowest BCUT2D eigenvalue weighted by Gasteiger charge is -2.13. The van der Waals surface area contributed by atoms with Gasteiger partial charge in [0.2, 0.25) is 0 Å². The summed E-state index contributed by atoms with van der Waals surface area (Å²) in [4.78, 5) is 10.2. The van der Waals surface area contributed by atoms with Gasteiger partial charge in [-0.1, -0.05) is 173 Å². The highest BCUT2D eigenvalue weighted by molar-refractivity contribution is 6.11. The normalized spacial score (nSPS) is 11.9. The molecule has 0 aliphatic carbocycles. The van der Waals surface area contributed by atoms with Crippen molar-refractivity contribution in [3.05, 3.63) is 132 Å². The number of hydrogen-bond acceptors (Lipinski definition) is 2. The zero-order valence-electron chi connectivity index (χ0n) is 29.3. The molecule has 0 atom stereocenters. The Morgan fingerprint density at radius 1 is 0.280 bits per heavy atom. The third kappa shape index (κ3) is 6.81. The summed E-state index contributed by atoms with van der Waals surface area (Å²) < 4.78 is 0. The second-order valence-corrected chi connectivity index (χ2v) is 14.3. The first-order valence-corrected chi connectivity index (χ1v) is 19.2.